The van der Waals surface area contributed by atoms with Gasteiger partial charge >= 0.3 is 0 Å². The molecule has 1 saturated carbocycles. The first-order valence-electron chi connectivity index (χ1n) is 8.61. The van der Waals surface area contributed by atoms with Crippen molar-refractivity contribution in [1.82, 2.24) is 4.90 Å². The van der Waals surface area contributed by atoms with Crippen LogP contribution in [-0.2, 0) is 0 Å². The lowest BCUT2D eigenvalue weighted by atomic mass is 9.74. The fraction of sp³-hybridized carbons (Fsp3) is 1.00. The molecule has 1 heterocycles. The average Bonchev–Trinajstić information content (AvgIpc) is 2.42. The number of nitrogens with two attached hydrogens (primary N) is 1. The van der Waals surface area contributed by atoms with E-state index in [1.165, 1.54) is 51.5 Å². The zero-order valence-electron chi connectivity index (χ0n) is 13.3. The first-order chi connectivity index (χ1) is 9.15. The highest BCUT2D eigenvalue weighted by Crippen LogP contribution is 2.37. The average molecular weight is 266 g/mol. The van der Waals surface area contributed by atoms with Gasteiger partial charge in [0.25, 0.3) is 0 Å². The highest BCUT2D eigenvalue weighted by Gasteiger charge is 2.37. The molecule has 2 N–H and O–H groups in total. The van der Waals surface area contributed by atoms with E-state index in [0.29, 0.717) is 0 Å². The predicted molar refractivity (Wildman–Crippen MR) is 83.1 cm³/mol. The fourth-order valence-corrected chi connectivity index (χ4v) is 4.43. The Labute approximate surface area is 120 Å². The summed E-state index contributed by atoms with van der Waals surface area (Å²) >= 11 is 0. The standard InChI is InChI=1S/C17H34N2/c1-4-5-15-8-9-16(11-18)17(10-15)19-12-13(2)6-7-14(19)3/h13-17H,4-12,18H2,1-3H3. The van der Waals surface area contributed by atoms with Crippen molar-refractivity contribution in [2.45, 2.75) is 77.8 Å². The third-order valence-corrected chi connectivity index (χ3v) is 5.66. The summed E-state index contributed by atoms with van der Waals surface area (Å²) in [6.45, 7) is 9.38. The molecule has 0 amide bonds. The van der Waals surface area contributed by atoms with Crippen LogP contribution in [0.1, 0.15) is 65.7 Å². The number of nitrogens with zero attached hydrogens (tertiary/aromatic N) is 1. The Morgan fingerprint density at radius 3 is 2.58 bits per heavy atom. The topological polar surface area (TPSA) is 29.3 Å². The number of hydrogen-bond acceptors (Lipinski definition) is 2. The maximum absolute atomic E-state index is 6.07. The molecule has 2 rings (SSSR count). The third-order valence-electron chi connectivity index (χ3n) is 5.66. The largest absolute Gasteiger partial charge is 0.330 e. The van der Waals surface area contributed by atoms with Gasteiger partial charge in [-0.1, -0.05) is 33.1 Å². The molecule has 5 atom stereocenters. The number of rotatable bonds is 4. The van der Waals surface area contributed by atoms with E-state index in [-0.39, 0.29) is 0 Å². The molecule has 19 heavy (non-hydrogen) atoms. The fourth-order valence-electron chi connectivity index (χ4n) is 4.43. The monoisotopic (exact) mass is 266 g/mol. The van der Waals surface area contributed by atoms with Gasteiger partial charge in [0.05, 0.1) is 0 Å². The maximum atomic E-state index is 6.07. The summed E-state index contributed by atoms with van der Waals surface area (Å²) in [6, 6.07) is 1.55. The van der Waals surface area contributed by atoms with Gasteiger partial charge in [-0.25, -0.2) is 0 Å². The van der Waals surface area contributed by atoms with Gasteiger partial charge in [0.15, 0.2) is 0 Å². The highest BCUT2D eigenvalue weighted by molar-refractivity contribution is 4.91. The van der Waals surface area contributed by atoms with Crippen LogP contribution < -0.4 is 5.73 Å². The van der Waals surface area contributed by atoms with Crippen LogP contribution in [0.15, 0.2) is 0 Å². The van der Waals surface area contributed by atoms with Crippen molar-refractivity contribution in [3.63, 3.8) is 0 Å². The van der Waals surface area contributed by atoms with Crippen molar-refractivity contribution in [3.05, 3.63) is 0 Å². The van der Waals surface area contributed by atoms with Gasteiger partial charge in [-0.15, -0.1) is 0 Å². The Kier molecular flexibility index (Phi) is 5.70. The van der Waals surface area contributed by atoms with Crippen molar-refractivity contribution in [1.29, 1.82) is 0 Å². The molecular weight excluding hydrogens is 232 g/mol. The molecule has 0 aromatic rings. The molecule has 1 saturated heterocycles. The van der Waals surface area contributed by atoms with Crippen LogP contribution >= 0.6 is 0 Å². The first kappa shape index (κ1) is 15.3. The Hall–Kier alpha value is -0.0800. The third kappa shape index (κ3) is 3.72. The van der Waals surface area contributed by atoms with E-state index in [4.69, 9.17) is 5.73 Å². The van der Waals surface area contributed by atoms with Crippen LogP contribution in [0.25, 0.3) is 0 Å². The molecule has 2 nitrogen and oxygen atoms in total. The summed E-state index contributed by atoms with van der Waals surface area (Å²) in [6.07, 6.45) is 9.76. The predicted octanol–water partition coefficient (Wildman–Crippen LogP) is 3.65. The van der Waals surface area contributed by atoms with Gasteiger partial charge in [-0.3, -0.25) is 4.90 Å². The quantitative estimate of drug-likeness (QED) is 0.841. The molecule has 2 fully saturated rings. The molecule has 0 spiro atoms. The van der Waals surface area contributed by atoms with Gasteiger partial charge in [-0.2, -0.15) is 0 Å². The molecule has 1 aliphatic carbocycles. The van der Waals surface area contributed by atoms with Gasteiger partial charge < -0.3 is 5.73 Å². The summed E-state index contributed by atoms with van der Waals surface area (Å²) in [7, 11) is 0. The Bertz CT molecular complexity index is 266. The molecule has 5 unspecified atom stereocenters. The lowest BCUT2D eigenvalue weighted by Gasteiger charge is -2.48. The smallest absolute Gasteiger partial charge is 0.0141 e. The minimum Gasteiger partial charge on any atom is -0.330 e. The van der Waals surface area contributed by atoms with Gasteiger partial charge in [0, 0.05) is 18.6 Å². The van der Waals surface area contributed by atoms with E-state index in [0.717, 1.165) is 36.4 Å². The van der Waals surface area contributed by atoms with Crippen LogP contribution in [0, 0.1) is 17.8 Å². The number of likely N-dealkylation sites (tertiary alicyclic amines) is 1. The van der Waals surface area contributed by atoms with Crippen molar-refractivity contribution in [3.8, 4) is 0 Å². The van der Waals surface area contributed by atoms with Crippen molar-refractivity contribution < 1.29 is 0 Å². The summed E-state index contributed by atoms with van der Waals surface area (Å²) < 4.78 is 0. The maximum Gasteiger partial charge on any atom is 0.0141 e. The van der Waals surface area contributed by atoms with E-state index >= 15 is 0 Å². The zero-order valence-corrected chi connectivity index (χ0v) is 13.3. The normalized spacial score (nSPS) is 41.4. The van der Waals surface area contributed by atoms with Crippen LogP contribution in [0.5, 0.6) is 0 Å². The minimum atomic E-state index is 0.751. The van der Waals surface area contributed by atoms with Crippen molar-refractivity contribution >= 4 is 0 Å². The van der Waals surface area contributed by atoms with Crippen LogP contribution in [0.3, 0.4) is 0 Å². The second-order valence-electron chi connectivity index (χ2n) is 7.26. The second-order valence-corrected chi connectivity index (χ2v) is 7.26. The molecule has 0 aromatic carbocycles. The highest BCUT2D eigenvalue weighted by atomic mass is 15.2. The molecular formula is C17H34N2. The number of hydrogen-bond donors (Lipinski definition) is 1. The van der Waals surface area contributed by atoms with Gasteiger partial charge in [0.2, 0.25) is 0 Å². The summed E-state index contributed by atoms with van der Waals surface area (Å²) in [5.41, 5.74) is 6.07. The molecule has 0 radical (unpaired) electrons. The van der Waals surface area contributed by atoms with E-state index in [1.54, 1.807) is 0 Å². The van der Waals surface area contributed by atoms with Crippen LogP contribution in [0.4, 0.5) is 0 Å². The van der Waals surface area contributed by atoms with E-state index in [1.807, 2.05) is 0 Å². The lowest BCUT2D eigenvalue weighted by molar-refractivity contribution is 0.0142. The van der Waals surface area contributed by atoms with Crippen LogP contribution in [-0.4, -0.2) is 30.1 Å². The van der Waals surface area contributed by atoms with E-state index < -0.39 is 0 Å². The minimum absolute atomic E-state index is 0.751. The first-order valence-corrected chi connectivity index (χ1v) is 8.61. The SMILES string of the molecule is CCCC1CCC(CN)C(N2CC(C)CCC2C)C1. The van der Waals surface area contributed by atoms with Gasteiger partial charge in [-0.05, 0) is 56.9 Å². The zero-order chi connectivity index (χ0) is 13.8. The molecule has 2 heteroatoms. The van der Waals surface area contributed by atoms with Gasteiger partial charge in [0.1, 0.15) is 0 Å². The van der Waals surface area contributed by atoms with Crippen molar-refractivity contribution in [2.24, 2.45) is 23.5 Å². The molecule has 1 aliphatic heterocycles. The Balaban J connectivity index is 2.03. The molecule has 2 aliphatic rings. The van der Waals surface area contributed by atoms with Crippen molar-refractivity contribution in [2.75, 3.05) is 13.1 Å². The van der Waals surface area contributed by atoms with E-state index in [2.05, 4.69) is 25.7 Å². The van der Waals surface area contributed by atoms with Crippen LogP contribution in [0.2, 0.25) is 0 Å². The molecule has 0 aromatic heterocycles. The summed E-state index contributed by atoms with van der Waals surface area (Å²) in [5, 5.41) is 0. The van der Waals surface area contributed by atoms with E-state index in [9.17, 15) is 0 Å². The Morgan fingerprint density at radius 1 is 1.11 bits per heavy atom. The number of piperidine rings is 1. The molecule has 0 bridgehead atoms. The second kappa shape index (κ2) is 7.08. The lowest BCUT2D eigenvalue weighted by Crippen LogP contribution is -2.53. The summed E-state index contributed by atoms with van der Waals surface area (Å²) in [4.78, 5) is 2.83. The molecule has 112 valence electrons. The Morgan fingerprint density at radius 2 is 1.89 bits per heavy atom. The summed E-state index contributed by atoms with van der Waals surface area (Å²) in [5.74, 6) is 2.59.